The Balaban J connectivity index is 1.59. The zero-order valence-electron chi connectivity index (χ0n) is 14.1. The molecule has 0 unspecified atom stereocenters. The normalized spacial score (nSPS) is 17.0. The molecule has 132 valence electrons. The number of fused-ring (bicyclic) bond motifs is 3. The minimum atomic E-state index is 0.647. The fourth-order valence-corrected chi connectivity index (χ4v) is 6.22. The van der Waals surface area contributed by atoms with Crippen LogP contribution in [0.25, 0.3) is 10.2 Å². The van der Waals surface area contributed by atoms with Gasteiger partial charge < -0.3 is 10.1 Å². The lowest BCUT2D eigenvalue weighted by Crippen LogP contribution is -2.08. The first-order chi connectivity index (χ1) is 12.2. The summed E-state index contributed by atoms with van der Waals surface area (Å²) in [5.74, 6) is 0.758. The van der Waals surface area contributed by atoms with Crippen molar-refractivity contribution < 1.29 is 4.74 Å². The second-order valence-corrected chi connectivity index (χ2v) is 9.40. The zero-order chi connectivity index (χ0) is 17.2. The van der Waals surface area contributed by atoms with Crippen LogP contribution in [0.2, 0.25) is 0 Å². The molecule has 1 aliphatic rings. The topological polar surface area (TPSA) is 72.8 Å². The number of nitrogens with zero attached hydrogens (tertiary/aromatic N) is 4. The SMILES string of the molecule is COCCNc1nnc(Sc2ncnc3sc4c(c23)CC[C@H](C)C4)s1. The van der Waals surface area contributed by atoms with Gasteiger partial charge in [-0.15, -0.1) is 21.5 Å². The minimum absolute atomic E-state index is 0.647. The summed E-state index contributed by atoms with van der Waals surface area (Å²) in [5, 5.41) is 14.7. The highest BCUT2D eigenvalue weighted by atomic mass is 32.2. The molecule has 9 heteroatoms. The Kier molecular flexibility index (Phi) is 5.16. The van der Waals surface area contributed by atoms with Gasteiger partial charge in [-0.25, -0.2) is 9.97 Å². The van der Waals surface area contributed by atoms with Gasteiger partial charge in [0.25, 0.3) is 0 Å². The van der Waals surface area contributed by atoms with Gasteiger partial charge in [0.1, 0.15) is 16.2 Å². The van der Waals surface area contributed by atoms with Gasteiger partial charge in [-0.05, 0) is 42.5 Å². The van der Waals surface area contributed by atoms with Crippen molar-refractivity contribution in [3.8, 4) is 0 Å². The molecule has 0 saturated heterocycles. The molecule has 1 N–H and O–H groups in total. The highest BCUT2D eigenvalue weighted by Crippen LogP contribution is 2.42. The van der Waals surface area contributed by atoms with Crippen molar-refractivity contribution >= 4 is 49.8 Å². The van der Waals surface area contributed by atoms with Crippen molar-refractivity contribution in [2.24, 2.45) is 5.92 Å². The molecule has 0 aliphatic heterocycles. The van der Waals surface area contributed by atoms with Gasteiger partial charge in [-0.2, -0.15) is 0 Å². The Morgan fingerprint density at radius 3 is 3.12 bits per heavy atom. The van der Waals surface area contributed by atoms with E-state index in [1.807, 2.05) is 11.3 Å². The third-order valence-corrected chi connectivity index (χ3v) is 7.33. The van der Waals surface area contributed by atoms with Crippen molar-refractivity contribution in [1.82, 2.24) is 20.2 Å². The second kappa shape index (κ2) is 7.53. The van der Waals surface area contributed by atoms with Crippen molar-refractivity contribution in [1.29, 1.82) is 0 Å². The largest absolute Gasteiger partial charge is 0.383 e. The molecule has 1 atom stereocenters. The Morgan fingerprint density at radius 1 is 1.32 bits per heavy atom. The van der Waals surface area contributed by atoms with Gasteiger partial charge in [-0.1, -0.05) is 18.3 Å². The summed E-state index contributed by atoms with van der Waals surface area (Å²) < 4.78 is 5.93. The molecular weight excluding hydrogens is 374 g/mol. The quantitative estimate of drug-likeness (QED) is 0.503. The third kappa shape index (κ3) is 3.64. The number of nitrogens with one attached hydrogen (secondary N) is 1. The van der Waals surface area contributed by atoms with E-state index in [2.05, 4.69) is 32.4 Å². The summed E-state index contributed by atoms with van der Waals surface area (Å²) in [7, 11) is 1.69. The molecule has 0 saturated carbocycles. The van der Waals surface area contributed by atoms with Crippen molar-refractivity contribution in [3.05, 3.63) is 16.8 Å². The first-order valence-corrected chi connectivity index (χ1v) is 10.7. The van der Waals surface area contributed by atoms with Crippen LogP contribution in [-0.2, 0) is 17.6 Å². The van der Waals surface area contributed by atoms with Crippen molar-refractivity contribution in [3.63, 3.8) is 0 Å². The standard InChI is InChI=1S/C16H19N5OS3/c1-9-3-4-10-11(7-9)23-13-12(10)14(19-8-18-13)24-16-21-20-15(25-16)17-5-6-22-2/h8-9H,3-7H2,1-2H3,(H,17,20)/t9-/m0/s1. The van der Waals surface area contributed by atoms with E-state index in [9.17, 15) is 0 Å². The average Bonchev–Trinajstić information content (AvgIpc) is 3.19. The summed E-state index contributed by atoms with van der Waals surface area (Å²) in [5.41, 5.74) is 1.45. The molecule has 6 nitrogen and oxygen atoms in total. The second-order valence-electron chi connectivity index (χ2n) is 6.11. The van der Waals surface area contributed by atoms with E-state index in [4.69, 9.17) is 4.74 Å². The molecule has 25 heavy (non-hydrogen) atoms. The van der Waals surface area contributed by atoms with Crippen LogP contribution in [0.4, 0.5) is 5.13 Å². The monoisotopic (exact) mass is 393 g/mol. The molecule has 0 fully saturated rings. The number of ether oxygens (including phenoxy) is 1. The predicted octanol–water partition coefficient (Wildman–Crippen LogP) is 3.88. The lowest BCUT2D eigenvalue weighted by molar-refractivity contribution is 0.211. The van der Waals surface area contributed by atoms with Gasteiger partial charge in [0, 0.05) is 23.9 Å². The first kappa shape index (κ1) is 17.1. The molecule has 3 aromatic rings. The lowest BCUT2D eigenvalue weighted by Gasteiger charge is -2.17. The minimum Gasteiger partial charge on any atom is -0.383 e. The Labute approximate surface area is 158 Å². The lowest BCUT2D eigenvalue weighted by atomic mass is 9.89. The average molecular weight is 394 g/mol. The zero-order valence-corrected chi connectivity index (χ0v) is 16.6. The van der Waals surface area contributed by atoms with Crippen molar-refractivity contribution in [2.45, 2.75) is 35.6 Å². The number of rotatable bonds is 6. The molecule has 3 heterocycles. The molecule has 0 amide bonds. The summed E-state index contributed by atoms with van der Waals surface area (Å²) >= 11 is 4.95. The molecule has 3 aromatic heterocycles. The van der Waals surface area contributed by atoms with E-state index in [0.29, 0.717) is 6.61 Å². The van der Waals surface area contributed by atoms with Gasteiger partial charge in [0.05, 0.1) is 6.61 Å². The number of aryl methyl sites for hydroxylation is 1. The van der Waals surface area contributed by atoms with Gasteiger partial charge in [-0.3, -0.25) is 0 Å². The fraction of sp³-hybridized carbons (Fsp3) is 0.500. The van der Waals surface area contributed by atoms with Gasteiger partial charge in [0.15, 0.2) is 4.34 Å². The van der Waals surface area contributed by atoms with Crippen LogP contribution in [0.3, 0.4) is 0 Å². The molecule has 0 aromatic carbocycles. The molecule has 4 rings (SSSR count). The number of methoxy groups -OCH3 is 1. The number of aromatic nitrogens is 4. The number of hydrogen-bond donors (Lipinski definition) is 1. The Hall–Kier alpha value is -1.29. The smallest absolute Gasteiger partial charge is 0.206 e. The maximum atomic E-state index is 5.04. The summed E-state index contributed by atoms with van der Waals surface area (Å²) in [6.07, 6.45) is 5.18. The van der Waals surface area contributed by atoms with E-state index >= 15 is 0 Å². The Morgan fingerprint density at radius 2 is 2.24 bits per heavy atom. The van der Waals surface area contributed by atoms with Crippen LogP contribution >= 0.6 is 34.4 Å². The third-order valence-electron chi connectivity index (χ3n) is 4.23. The highest BCUT2D eigenvalue weighted by molar-refractivity contribution is 8.01. The van der Waals surface area contributed by atoms with Crippen LogP contribution in [0.15, 0.2) is 15.7 Å². The highest BCUT2D eigenvalue weighted by Gasteiger charge is 2.23. The number of anilines is 1. The molecule has 0 radical (unpaired) electrons. The van der Waals surface area contributed by atoms with Crippen LogP contribution in [0, 0.1) is 5.92 Å². The van der Waals surface area contributed by atoms with E-state index in [1.54, 1.807) is 36.5 Å². The maximum absolute atomic E-state index is 5.04. The number of hydrogen-bond acceptors (Lipinski definition) is 9. The molecular formula is C16H19N5OS3. The van der Waals surface area contributed by atoms with Crippen LogP contribution in [0.1, 0.15) is 23.8 Å². The van der Waals surface area contributed by atoms with E-state index in [-0.39, 0.29) is 0 Å². The molecule has 1 aliphatic carbocycles. The Bertz CT molecular complexity index is 878. The van der Waals surface area contributed by atoms with E-state index in [0.717, 1.165) is 44.6 Å². The van der Waals surface area contributed by atoms with Crippen LogP contribution < -0.4 is 5.32 Å². The predicted molar refractivity (Wildman–Crippen MR) is 103 cm³/mol. The van der Waals surface area contributed by atoms with Crippen LogP contribution in [0.5, 0.6) is 0 Å². The first-order valence-electron chi connectivity index (χ1n) is 8.24. The number of thiophene rings is 1. The van der Waals surface area contributed by atoms with E-state index < -0.39 is 0 Å². The summed E-state index contributed by atoms with van der Waals surface area (Å²) in [6, 6.07) is 0. The molecule has 0 bridgehead atoms. The fourth-order valence-electron chi connectivity index (χ4n) is 2.99. The van der Waals surface area contributed by atoms with Crippen LogP contribution in [-0.4, -0.2) is 40.4 Å². The molecule has 0 spiro atoms. The summed E-state index contributed by atoms with van der Waals surface area (Å²) in [6.45, 7) is 3.70. The van der Waals surface area contributed by atoms with Gasteiger partial charge in [0.2, 0.25) is 5.13 Å². The van der Waals surface area contributed by atoms with E-state index in [1.165, 1.54) is 22.2 Å². The van der Waals surface area contributed by atoms with Crippen molar-refractivity contribution in [2.75, 3.05) is 25.6 Å². The maximum Gasteiger partial charge on any atom is 0.206 e. The van der Waals surface area contributed by atoms with Gasteiger partial charge >= 0.3 is 0 Å². The summed E-state index contributed by atoms with van der Waals surface area (Å²) in [4.78, 5) is 11.6.